The number of halogens is 2. The summed E-state index contributed by atoms with van der Waals surface area (Å²) >= 11 is 7.45. The molecule has 0 aliphatic rings. The molecule has 0 amide bonds. The molecule has 0 N–H and O–H groups in total. The van der Waals surface area contributed by atoms with Crippen molar-refractivity contribution in [1.82, 2.24) is 0 Å². The molecular formula is C23H13ClFNO2S. The topological polar surface area (TPSA) is 50.1 Å². The molecule has 0 saturated heterocycles. The maximum atomic E-state index is 13.3. The second-order valence-electron chi connectivity index (χ2n) is 6.30. The second kappa shape index (κ2) is 8.04. The largest absolute Gasteiger partial charge is 0.487 e. The van der Waals surface area contributed by atoms with Crippen molar-refractivity contribution in [3.05, 3.63) is 99.1 Å². The highest BCUT2D eigenvalue weighted by Crippen LogP contribution is 2.39. The molecule has 4 rings (SSSR count). The fraction of sp³-hybridized carbons (Fsp3) is 0.0435. The predicted molar refractivity (Wildman–Crippen MR) is 112 cm³/mol. The van der Waals surface area contributed by atoms with Crippen LogP contribution in [-0.2, 0) is 6.61 Å². The maximum absolute atomic E-state index is 13.3. The van der Waals surface area contributed by atoms with E-state index in [1.54, 1.807) is 30.3 Å². The standard InChI is InChI=1S/C23H13ClFNO2S/c24-19-11-17(25)10-9-16(19)13-28-22-18-3-1-2-4-20(18)29-23(22)21(27)15-7-5-14(12-26)6-8-15/h1-11H,13H2. The van der Waals surface area contributed by atoms with Crippen molar-refractivity contribution in [2.24, 2.45) is 0 Å². The van der Waals surface area contributed by atoms with Crippen LogP contribution in [0.1, 0.15) is 26.4 Å². The van der Waals surface area contributed by atoms with E-state index in [9.17, 15) is 9.18 Å². The molecule has 0 fully saturated rings. The van der Waals surface area contributed by atoms with Gasteiger partial charge < -0.3 is 4.74 Å². The van der Waals surface area contributed by atoms with E-state index in [0.29, 0.717) is 27.3 Å². The Labute approximate surface area is 175 Å². The summed E-state index contributed by atoms with van der Waals surface area (Å²) in [5.41, 5.74) is 1.58. The molecule has 3 aromatic carbocycles. The Balaban J connectivity index is 1.72. The van der Waals surface area contributed by atoms with Gasteiger partial charge in [0.05, 0.1) is 16.7 Å². The highest BCUT2D eigenvalue weighted by Gasteiger charge is 2.21. The molecule has 0 saturated carbocycles. The van der Waals surface area contributed by atoms with Crippen molar-refractivity contribution in [3.8, 4) is 11.8 Å². The highest BCUT2D eigenvalue weighted by atomic mass is 35.5. The number of nitrogens with zero attached hydrogens (tertiary/aromatic N) is 1. The fourth-order valence-electron chi connectivity index (χ4n) is 2.93. The summed E-state index contributed by atoms with van der Waals surface area (Å²) < 4.78 is 20.2. The van der Waals surface area contributed by atoms with Crippen LogP contribution in [0, 0.1) is 17.1 Å². The normalized spacial score (nSPS) is 10.7. The third-order valence-electron chi connectivity index (χ3n) is 4.42. The molecule has 29 heavy (non-hydrogen) atoms. The summed E-state index contributed by atoms with van der Waals surface area (Å²) in [4.78, 5) is 13.6. The van der Waals surface area contributed by atoms with Crippen molar-refractivity contribution in [3.63, 3.8) is 0 Å². The number of nitriles is 1. The first-order valence-electron chi connectivity index (χ1n) is 8.70. The van der Waals surface area contributed by atoms with Crippen LogP contribution in [0.2, 0.25) is 5.02 Å². The first-order valence-corrected chi connectivity index (χ1v) is 9.89. The van der Waals surface area contributed by atoms with Crippen LogP contribution in [0.25, 0.3) is 10.1 Å². The number of hydrogen-bond donors (Lipinski definition) is 0. The molecule has 142 valence electrons. The Morgan fingerprint density at radius 1 is 1.10 bits per heavy atom. The summed E-state index contributed by atoms with van der Waals surface area (Å²) in [6.07, 6.45) is 0. The monoisotopic (exact) mass is 421 g/mol. The first kappa shape index (κ1) is 19.1. The van der Waals surface area contributed by atoms with Crippen LogP contribution >= 0.6 is 22.9 Å². The molecule has 1 aromatic heterocycles. The minimum absolute atomic E-state index is 0.105. The van der Waals surface area contributed by atoms with Gasteiger partial charge in [-0.25, -0.2) is 4.39 Å². The molecule has 3 nitrogen and oxygen atoms in total. The molecule has 0 spiro atoms. The Bertz CT molecular complexity index is 1260. The lowest BCUT2D eigenvalue weighted by molar-refractivity contribution is 0.103. The zero-order valence-corrected chi connectivity index (χ0v) is 16.6. The maximum Gasteiger partial charge on any atom is 0.206 e. The van der Waals surface area contributed by atoms with Crippen LogP contribution < -0.4 is 4.74 Å². The van der Waals surface area contributed by atoms with E-state index in [-0.39, 0.29) is 17.4 Å². The van der Waals surface area contributed by atoms with Gasteiger partial charge in [0.25, 0.3) is 0 Å². The lowest BCUT2D eigenvalue weighted by Gasteiger charge is -2.09. The molecular weight excluding hydrogens is 409 g/mol. The minimum Gasteiger partial charge on any atom is -0.487 e. The first-order chi connectivity index (χ1) is 14.1. The number of hydrogen-bond acceptors (Lipinski definition) is 4. The Kier molecular flexibility index (Phi) is 5.30. The molecule has 0 aliphatic carbocycles. The SMILES string of the molecule is N#Cc1ccc(C(=O)c2sc3ccccc3c2OCc2ccc(F)cc2Cl)cc1. The van der Waals surface area contributed by atoms with E-state index in [4.69, 9.17) is 21.6 Å². The average Bonchev–Trinajstić information content (AvgIpc) is 3.11. The highest BCUT2D eigenvalue weighted by molar-refractivity contribution is 7.21. The number of fused-ring (bicyclic) bond motifs is 1. The van der Waals surface area contributed by atoms with Gasteiger partial charge in [0.2, 0.25) is 5.78 Å². The molecule has 0 radical (unpaired) electrons. The average molecular weight is 422 g/mol. The van der Waals surface area contributed by atoms with Crippen molar-refractivity contribution in [2.45, 2.75) is 6.61 Å². The number of ether oxygens (including phenoxy) is 1. The van der Waals surface area contributed by atoms with Gasteiger partial charge in [-0.2, -0.15) is 5.26 Å². The predicted octanol–water partition coefficient (Wildman–Crippen LogP) is 6.38. The Hall–Kier alpha value is -3.20. The zero-order chi connectivity index (χ0) is 20.4. The molecule has 6 heteroatoms. The smallest absolute Gasteiger partial charge is 0.206 e. The number of carbonyl (C=O) groups excluding carboxylic acids is 1. The molecule has 0 atom stereocenters. The molecule has 0 aliphatic heterocycles. The molecule has 1 heterocycles. The lowest BCUT2D eigenvalue weighted by atomic mass is 10.1. The summed E-state index contributed by atoms with van der Waals surface area (Å²) in [6, 6.07) is 20.2. The lowest BCUT2D eigenvalue weighted by Crippen LogP contribution is -2.03. The third kappa shape index (κ3) is 3.86. The van der Waals surface area contributed by atoms with Crippen molar-refractivity contribution in [1.29, 1.82) is 5.26 Å². The summed E-state index contributed by atoms with van der Waals surface area (Å²) in [7, 11) is 0. The van der Waals surface area contributed by atoms with Crippen LogP contribution in [0.3, 0.4) is 0 Å². The minimum atomic E-state index is -0.420. The molecule has 0 unspecified atom stereocenters. The van der Waals surface area contributed by atoms with E-state index in [0.717, 1.165) is 10.1 Å². The third-order valence-corrected chi connectivity index (χ3v) is 5.92. The van der Waals surface area contributed by atoms with Crippen molar-refractivity contribution < 1.29 is 13.9 Å². The van der Waals surface area contributed by atoms with E-state index in [1.165, 1.54) is 23.5 Å². The van der Waals surface area contributed by atoms with E-state index in [2.05, 4.69) is 0 Å². The Morgan fingerprint density at radius 3 is 2.59 bits per heavy atom. The fourth-order valence-corrected chi connectivity index (χ4v) is 4.26. The van der Waals surface area contributed by atoms with Crippen molar-refractivity contribution in [2.75, 3.05) is 0 Å². The van der Waals surface area contributed by atoms with Crippen LogP contribution in [-0.4, -0.2) is 5.78 Å². The summed E-state index contributed by atoms with van der Waals surface area (Å²) in [5.74, 6) is -0.132. The van der Waals surface area contributed by atoms with Gasteiger partial charge in [0, 0.05) is 21.2 Å². The van der Waals surface area contributed by atoms with Gasteiger partial charge >= 0.3 is 0 Å². The molecule has 0 bridgehead atoms. The number of thiophene rings is 1. The zero-order valence-electron chi connectivity index (χ0n) is 15.0. The number of rotatable bonds is 5. The quantitative estimate of drug-likeness (QED) is 0.351. The molecule has 4 aromatic rings. The van der Waals surface area contributed by atoms with E-state index >= 15 is 0 Å². The number of ketones is 1. The van der Waals surface area contributed by atoms with Gasteiger partial charge in [0.15, 0.2) is 0 Å². The Morgan fingerprint density at radius 2 is 1.86 bits per heavy atom. The van der Waals surface area contributed by atoms with Gasteiger partial charge in [-0.3, -0.25) is 4.79 Å². The van der Waals surface area contributed by atoms with E-state index in [1.807, 2.05) is 30.3 Å². The van der Waals surface area contributed by atoms with Crippen LogP contribution in [0.5, 0.6) is 5.75 Å². The van der Waals surface area contributed by atoms with Gasteiger partial charge in [-0.05, 0) is 48.5 Å². The van der Waals surface area contributed by atoms with E-state index < -0.39 is 5.82 Å². The van der Waals surface area contributed by atoms with Gasteiger partial charge in [0.1, 0.15) is 23.1 Å². The van der Waals surface area contributed by atoms with Crippen LogP contribution in [0.4, 0.5) is 4.39 Å². The second-order valence-corrected chi connectivity index (χ2v) is 7.76. The van der Waals surface area contributed by atoms with Crippen molar-refractivity contribution >= 4 is 38.8 Å². The van der Waals surface area contributed by atoms with Gasteiger partial charge in [-0.1, -0.05) is 29.8 Å². The summed E-state index contributed by atoms with van der Waals surface area (Å²) in [6.45, 7) is 0.105. The van der Waals surface area contributed by atoms with Crippen LogP contribution in [0.15, 0.2) is 66.7 Å². The number of carbonyl (C=O) groups is 1. The summed E-state index contributed by atoms with van der Waals surface area (Å²) in [5, 5.41) is 10.0. The number of benzene rings is 3. The van der Waals surface area contributed by atoms with Gasteiger partial charge in [-0.15, -0.1) is 11.3 Å².